The highest BCUT2D eigenvalue weighted by molar-refractivity contribution is 6.20. The van der Waals surface area contributed by atoms with E-state index in [-0.39, 0.29) is 0 Å². The Kier molecular flexibility index (Phi) is 6.81. The first-order chi connectivity index (χ1) is 28.1. The molecule has 0 aliphatic heterocycles. The number of hydrogen-bond acceptors (Lipinski definition) is 4. The summed E-state index contributed by atoms with van der Waals surface area (Å²) in [4.78, 5) is 10.7. The number of hydrogen-bond donors (Lipinski definition) is 0. The second-order valence-electron chi connectivity index (χ2n) is 14.9. The van der Waals surface area contributed by atoms with Crippen LogP contribution in [0, 0.1) is 6.92 Å². The molecule has 3 heterocycles. The van der Waals surface area contributed by atoms with Gasteiger partial charge in [0, 0.05) is 49.4 Å². The summed E-state index contributed by atoms with van der Waals surface area (Å²) in [5.74, 6) is 0.671. The van der Waals surface area contributed by atoms with Crippen LogP contribution >= 0.6 is 0 Å². The largest absolute Gasteiger partial charge is 0.456 e. The van der Waals surface area contributed by atoms with Crippen LogP contribution in [-0.4, -0.2) is 9.97 Å². The van der Waals surface area contributed by atoms with Crippen LogP contribution in [0.25, 0.3) is 121 Å². The molecule has 266 valence electrons. The van der Waals surface area contributed by atoms with Gasteiger partial charge < -0.3 is 8.83 Å². The minimum Gasteiger partial charge on any atom is -0.456 e. The molecule has 0 aliphatic rings. The van der Waals surface area contributed by atoms with Gasteiger partial charge in [-0.3, -0.25) is 0 Å². The zero-order valence-electron chi connectivity index (χ0n) is 31.0. The first-order valence-electron chi connectivity index (χ1n) is 19.3. The quantitative estimate of drug-likeness (QED) is 0.134. The third kappa shape index (κ3) is 4.94. The monoisotopic (exact) mass is 728 g/mol. The van der Waals surface area contributed by atoms with E-state index in [9.17, 15) is 0 Å². The molecule has 0 N–H and O–H groups in total. The average molecular weight is 729 g/mol. The Morgan fingerprint density at radius 1 is 0.351 bits per heavy atom. The van der Waals surface area contributed by atoms with E-state index >= 15 is 0 Å². The maximum atomic E-state index is 6.80. The Morgan fingerprint density at radius 2 is 0.947 bits per heavy atom. The molecule has 9 aromatic carbocycles. The predicted molar refractivity (Wildman–Crippen MR) is 236 cm³/mol. The van der Waals surface area contributed by atoms with E-state index in [0.29, 0.717) is 5.82 Å². The van der Waals surface area contributed by atoms with E-state index in [2.05, 4.69) is 146 Å². The summed E-state index contributed by atoms with van der Waals surface area (Å²) in [6.07, 6.45) is 0. The second kappa shape index (κ2) is 12.2. The van der Waals surface area contributed by atoms with Gasteiger partial charge in [0.1, 0.15) is 22.3 Å². The summed E-state index contributed by atoms with van der Waals surface area (Å²) in [5.41, 5.74) is 11.3. The zero-order valence-corrected chi connectivity index (χ0v) is 31.0. The summed E-state index contributed by atoms with van der Waals surface area (Å²) < 4.78 is 13.0. The topological polar surface area (TPSA) is 52.1 Å². The number of nitrogens with zero attached hydrogens (tertiary/aromatic N) is 2. The number of benzene rings is 9. The molecule has 0 aliphatic carbocycles. The molecular formula is C53H32N2O2. The fraction of sp³-hybridized carbons (Fsp3) is 0.0189. The fourth-order valence-electron chi connectivity index (χ4n) is 8.85. The molecule has 0 radical (unpaired) electrons. The predicted octanol–water partition coefficient (Wildman–Crippen LogP) is 14.7. The van der Waals surface area contributed by atoms with Gasteiger partial charge in [-0.25, -0.2) is 9.97 Å². The van der Waals surface area contributed by atoms with Gasteiger partial charge in [-0.05, 0) is 105 Å². The summed E-state index contributed by atoms with van der Waals surface area (Å²) in [5, 5.41) is 11.5. The van der Waals surface area contributed by atoms with Gasteiger partial charge in [0.05, 0.1) is 11.4 Å². The van der Waals surface area contributed by atoms with Gasteiger partial charge in [-0.15, -0.1) is 0 Å². The lowest BCUT2D eigenvalue weighted by Gasteiger charge is -2.16. The minimum atomic E-state index is 0.671. The first-order valence-corrected chi connectivity index (χ1v) is 19.3. The van der Waals surface area contributed by atoms with Crippen LogP contribution in [0.3, 0.4) is 0 Å². The van der Waals surface area contributed by atoms with Crippen molar-refractivity contribution in [1.29, 1.82) is 0 Å². The lowest BCUT2D eigenvalue weighted by Crippen LogP contribution is -2.00. The van der Waals surface area contributed by atoms with Gasteiger partial charge in [0.2, 0.25) is 0 Å². The van der Waals surface area contributed by atoms with Crippen LogP contribution in [0.5, 0.6) is 0 Å². The Labute approximate surface area is 327 Å². The van der Waals surface area contributed by atoms with E-state index < -0.39 is 0 Å². The van der Waals surface area contributed by atoms with Crippen LogP contribution in [0.15, 0.2) is 185 Å². The SMILES string of the molecule is Cc1c(-c2ccc3oc4ccccc4c3c2)nc(-c2ccccc2)nc1-c1cc(-c2cc3cc4ccccc4cc3c3ccccc23)c2oc3ccccc3c2c1. The smallest absolute Gasteiger partial charge is 0.160 e. The van der Waals surface area contributed by atoms with Gasteiger partial charge in [-0.1, -0.05) is 115 Å². The van der Waals surface area contributed by atoms with E-state index in [4.69, 9.17) is 18.8 Å². The van der Waals surface area contributed by atoms with Gasteiger partial charge in [0.15, 0.2) is 5.82 Å². The molecule has 0 amide bonds. The minimum absolute atomic E-state index is 0.671. The van der Waals surface area contributed by atoms with E-state index in [1.165, 1.54) is 32.3 Å². The molecule has 12 aromatic rings. The van der Waals surface area contributed by atoms with Crippen molar-refractivity contribution in [3.8, 4) is 45.0 Å². The number of rotatable bonds is 4. The Bertz CT molecular complexity index is 3600. The van der Waals surface area contributed by atoms with Crippen molar-refractivity contribution < 1.29 is 8.83 Å². The third-order valence-corrected chi connectivity index (χ3v) is 11.6. The molecule has 0 unspecified atom stereocenters. The van der Waals surface area contributed by atoms with E-state index in [0.717, 1.165) is 88.6 Å². The summed E-state index contributed by atoms with van der Waals surface area (Å²) in [7, 11) is 0. The molecule has 0 fully saturated rings. The van der Waals surface area contributed by atoms with Crippen molar-refractivity contribution in [1.82, 2.24) is 9.97 Å². The normalized spacial score (nSPS) is 11.9. The fourth-order valence-corrected chi connectivity index (χ4v) is 8.85. The van der Waals surface area contributed by atoms with Crippen LogP contribution in [0.2, 0.25) is 0 Å². The lowest BCUT2D eigenvalue weighted by molar-refractivity contribution is 0.669. The van der Waals surface area contributed by atoms with Crippen LogP contribution in [0.4, 0.5) is 0 Å². The van der Waals surface area contributed by atoms with Crippen LogP contribution in [0.1, 0.15) is 5.56 Å². The van der Waals surface area contributed by atoms with Crippen LogP contribution in [-0.2, 0) is 0 Å². The Hall–Kier alpha value is -7.56. The molecule has 0 saturated carbocycles. The van der Waals surface area contributed by atoms with Crippen molar-refractivity contribution >= 4 is 76.2 Å². The maximum Gasteiger partial charge on any atom is 0.160 e. The molecule has 12 rings (SSSR count). The van der Waals surface area contributed by atoms with Gasteiger partial charge in [-0.2, -0.15) is 0 Å². The number of aromatic nitrogens is 2. The number of fused-ring (bicyclic) bond motifs is 10. The Balaban J connectivity index is 1.16. The molecule has 0 bridgehead atoms. The van der Waals surface area contributed by atoms with Gasteiger partial charge in [0.25, 0.3) is 0 Å². The van der Waals surface area contributed by atoms with Crippen molar-refractivity contribution in [3.05, 3.63) is 181 Å². The molecule has 4 heteroatoms. The third-order valence-electron chi connectivity index (χ3n) is 11.6. The summed E-state index contributed by atoms with van der Waals surface area (Å²) >= 11 is 0. The van der Waals surface area contributed by atoms with Gasteiger partial charge >= 0.3 is 0 Å². The first kappa shape index (κ1) is 31.8. The van der Waals surface area contributed by atoms with E-state index in [1.54, 1.807) is 0 Å². The number of para-hydroxylation sites is 2. The highest BCUT2D eigenvalue weighted by atomic mass is 16.3. The van der Waals surface area contributed by atoms with Crippen molar-refractivity contribution in [2.24, 2.45) is 0 Å². The maximum absolute atomic E-state index is 6.80. The average Bonchev–Trinajstić information content (AvgIpc) is 3.84. The molecule has 0 saturated heterocycles. The van der Waals surface area contributed by atoms with Crippen molar-refractivity contribution in [2.45, 2.75) is 6.92 Å². The number of furan rings is 2. The molecule has 3 aromatic heterocycles. The highest BCUT2D eigenvalue weighted by Gasteiger charge is 2.22. The van der Waals surface area contributed by atoms with Crippen molar-refractivity contribution in [2.75, 3.05) is 0 Å². The molecular weight excluding hydrogens is 697 g/mol. The van der Waals surface area contributed by atoms with Crippen molar-refractivity contribution in [3.63, 3.8) is 0 Å². The molecule has 0 spiro atoms. The summed E-state index contributed by atoms with van der Waals surface area (Å²) in [6.45, 7) is 2.14. The molecule has 4 nitrogen and oxygen atoms in total. The lowest BCUT2D eigenvalue weighted by atomic mass is 9.89. The highest BCUT2D eigenvalue weighted by Crippen LogP contribution is 2.45. The zero-order chi connectivity index (χ0) is 37.6. The Morgan fingerprint density at radius 3 is 1.74 bits per heavy atom. The van der Waals surface area contributed by atoms with Crippen LogP contribution < -0.4 is 0 Å². The molecule has 0 atom stereocenters. The van der Waals surface area contributed by atoms with E-state index in [1.807, 2.05) is 36.4 Å². The standard InChI is InChI=1S/C53H32N2O2/c1-31-50(35-23-24-49-44(27-35)40-19-9-11-21-47(40)56-49)54-53(32-13-3-2-4-14-32)55-51(31)37-29-45-41-20-10-12-22-48(41)57-52(45)46(30-37)43-28-36-25-33-15-5-6-16-34(33)26-42(36)38-17-7-8-18-39(38)43/h2-30H,1H3. The summed E-state index contributed by atoms with van der Waals surface area (Å²) in [6, 6.07) is 62.0. The second-order valence-corrected chi connectivity index (χ2v) is 14.9. The molecule has 57 heavy (non-hydrogen) atoms.